The van der Waals surface area contributed by atoms with Crippen molar-refractivity contribution in [3.63, 3.8) is 0 Å². The van der Waals surface area contributed by atoms with Crippen molar-refractivity contribution < 1.29 is 75.5 Å². The summed E-state index contributed by atoms with van der Waals surface area (Å²) in [5, 5.41) is 119. The lowest BCUT2D eigenvalue weighted by Crippen LogP contribution is -2.67. The molecule has 15 heteroatoms. The first-order chi connectivity index (χ1) is 15.5. The van der Waals surface area contributed by atoms with E-state index in [2.05, 4.69) is 0 Å². The van der Waals surface area contributed by atoms with Gasteiger partial charge in [0.15, 0.2) is 6.29 Å². The predicted molar refractivity (Wildman–Crippen MR) is 102 cm³/mol. The average Bonchev–Trinajstić information content (AvgIpc) is 2.82. The van der Waals surface area contributed by atoms with Gasteiger partial charge in [0.25, 0.3) is 0 Å². The number of aliphatic hydroxyl groups excluding tert-OH is 12. The van der Waals surface area contributed by atoms with Crippen molar-refractivity contribution in [2.45, 2.75) is 79.5 Å². The Bertz CT molecular complexity index is 579. The van der Waals surface area contributed by atoms with Crippen molar-refractivity contribution in [2.75, 3.05) is 26.4 Å². The van der Waals surface area contributed by atoms with Crippen LogP contribution in [0.25, 0.3) is 0 Å². The van der Waals surface area contributed by atoms with E-state index in [9.17, 15) is 56.2 Å². The largest absolute Gasteiger partial charge is 0.394 e. The van der Waals surface area contributed by atoms with Crippen LogP contribution in [0.1, 0.15) is 0 Å². The zero-order valence-corrected chi connectivity index (χ0v) is 17.5. The number of hydrogen-bond acceptors (Lipinski definition) is 15. The fourth-order valence-electron chi connectivity index (χ4n) is 4.06. The maximum atomic E-state index is 10.6. The second-order valence-corrected chi connectivity index (χ2v) is 8.17. The SMILES string of the molecule is OC[C@@H](O)C([C@H](O)[C@H](O)CO)[C@@H]1O[C@H](CO)[C@@H](O[C@@H]2O[C@H](CO)[C@@H](O)[C@H](O)[C@H]2O)[C@H](O)[C@H]1O. The highest BCUT2D eigenvalue weighted by atomic mass is 16.7. The standard InChI is InChI=1S/C18H34O15/c19-1-5(23)9(10(25)6(24)2-20)17-14(29)13(28)16(8(4-22)31-17)33-18-15(30)12(27)11(26)7(3-21)32-18/h5-30H,1-4H2/t5-,6-,7-,8-,9?,10-,11-,12+,13-,14-,15-,16-,17+,18+/m1/s1. The van der Waals surface area contributed by atoms with Gasteiger partial charge in [0.1, 0.15) is 54.9 Å². The lowest BCUT2D eigenvalue weighted by Gasteiger charge is -2.48. The van der Waals surface area contributed by atoms with Gasteiger partial charge in [-0.25, -0.2) is 0 Å². The molecule has 33 heavy (non-hydrogen) atoms. The third-order valence-electron chi connectivity index (χ3n) is 6.03. The highest BCUT2D eigenvalue weighted by Crippen LogP contribution is 2.34. The van der Waals surface area contributed by atoms with Gasteiger partial charge in [-0.2, -0.15) is 0 Å². The van der Waals surface area contributed by atoms with Crippen molar-refractivity contribution in [3.8, 4) is 0 Å². The number of aliphatic hydroxyl groups is 12. The Hall–Kier alpha value is -0.600. The molecular formula is C18H34O15. The number of rotatable bonds is 10. The highest BCUT2D eigenvalue weighted by molar-refractivity contribution is 5.00. The fourth-order valence-corrected chi connectivity index (χ4v) is 4.06. The smallest absolute Gasteiger partial charge is 0.187 e. The van der Waals surface area contributed by atoms with Crippen LogP contribution in [0, 0.1) is 5.92 Å². The Morgan fingerprint density at radius 2 is 1.21 bits per heavy atom. The Morgan fingerprint density at radius 1 is 0.636 bits per heavy atom. The molecule has 0 amide bonds. The van der Waals surface area contributed by atoms with E-state index < -0.39 is 112 Å². The molecule has 196 valence electrons. The summed E-state index contributed by atoms with van der Waals surface area (Å²) >= 11 is 0. The van der Waals surface area contributed by atoms with E-state index in [1.165, 1.54) is 0 Å². The predicted octanol–water partition coefficient (Wildman–Crippen LogP) is -7.66. The van der Waals surface area contributed by atoms with Crippen LogP contribution >= 0.6 is 0 Å². The molecule has 0 saturated carbocycles. The molecule has 15 nitrogen and oxygen atoms in total. The van der Waals surface area contributed by atoms with Gasteiger partial charge >= 0.3 is 0 Å². The molecule has 2 saturated heterocycles. The first-order valence-electron chi connectivity index (χ1n) is 10.4. The van der Waals surface area contributed by atoms with Crippen LogP contribution in [-0.4, -0.2) is 167 Å². The molecule has 2 fully saturated rings. The molecular weight excluding hydrogens is 456 g/mol. The molecule has 0 aromatic heterocycles. The summed E-state index contributed by atoms with van der Waals surface area (Å²) in [6.07, 6.45) is -22.5. The zero-order valence-electron chi connectivity index (χ0n) is 17.5. The van der Waals surface area contributed by atoms with Crippen molar-refractivity contribution in [2.24, 2.45) is 5.92 Å². The minimum absolute atomic E-state index is 0.756. The summed E-state index contributed by atoms with van der Waals surface area (Å²) in [4.78, 5) is 0. The van der Waals surface area contributed by atoms with Gasteiger partial charge in [-0.05, 0) is 0 Å². The van der Waals surface area contributed by atoms with Gasteiger partial charge in [0.2, 0.25) is 0 Å². The third kappa shape index (κ3) is 5.97. The molecule has 14 atom stereocenters. The van der Waals surface area contributed by atoms with Crippen molar-refractivity contribution >= 4 is 0 Å². The summed E-state index contributed by atoms with van der Waals surface area (Å²) in [5.41, 5.74) is 0. The molecule has 2 aliphatic rings. The Labute approximate surface area is 188 Å². The molecule has 0 radical (unpaired) electrons. The summed E-state index contributed by atoms with van der Waals surface area (Å²) in [5.74, 6) is -1.64. The lowest BCUT2D eigenvalue weighted by atomic mass is 9.80. The summed E-state index contributed by atoms with van der Waals surface area (Å²) in [6, 6.07) is 0. The summed E-state index contributed by atoms with van der Waals surface area (Å²) in [7, 11) is 0. The molecule has 0 aromatic carbocycles. The maximum Gasteiger partial charge on any atom is 0.187 e. The lowest BCUT2D eigenvalue weighted by molar-refractivity contribution is -0.347. The summed E-state index contributed by atoms with van der Waals surface area (Å²) < 4.78 is 16.1. The van der Waals surface area contributed by atoms with Gasteiger partial charge in [-0.15, -0.1) is 0 Å². The van der Waals surface area contributed by atoms with E-state index >= 15 is 0 Å². The first kappa shape index (κ1) is 28.6. The number of hydrogen-bond donors (Lipinski definition) is 12. The minimum atomic E-state index is -1.95. The number of ether oxygens (including phenoxy) is 3. The monoisotopic (exact) mass is 490 g/mol. The minimum Gasteiger partial charge on any atom is -0.394 e. The second-order valence-electron chi connectivity index (χ2n) is 8.17. The Balaban J connectivity index is 2.25. The normalized spacial score (nSPS) is 43.6. The highest BCUT2D eigenvalue weighted by Gasteiger charge is 2.53. The molecule has 0 bridgehead atoms. The van der Waals surface area contributed by atoms with E-state index in [0.717, 1.165) is 0 Å². The topological polar surface area (TPSA) is 270 Å². The molecule has 0 aliphatic carbocycles. The molecule has 2 rings (SSSR count). The maximum absolute atomic E-state index is 10.6. The van der Waals surface area contributed by atoms with Crippen LogP contribution < -0.4 is 0 Å². The molecule has 2 aliphatic heterocycles. The summed E-state index contributed by atoms with van der Waals surface area (Å²) in [6.45, 7) is -3.50. The van der Waals surface area contributed by atoms with Crippen molar-refractivity contribution in [1.29, 1.82) is 0 Å². The first-order valence-corrected chi connectivity index (χ1v) is 10.4. The van der Waals surface area contributed by atoms with Crippen LogP contribution in [0.15, 0.2) is 0 Å². The molecule has 2 heterocycles. The van der Waals surface area contributed by atoms with Gasteiger partial charge in [0.05, 0.1) is 44.7 Å². The van der Waals surface area contributed by atoms with Gasteiger partial charge < -0.3 is 75.5 Å². The van der Waals surface area contributed by atoms with E-state index in [4.69, 9.17) is 19.3 Å². The van der Waals surface area contributed by atoms with Crippen LogP contribution in [0.5, 0.6) is 0 Å². The van der Waals surface area contributed by atoms with Crippen molar-refractivity contribution in [1.82, 2.24) is 0 Å². The van der Waals surface area contributed by atoms with Gasteiger partial charge in [0, 0.05) is 5.92 Å². The molecule has 12 N–H and O–H groups in total. The van der Waals surface area contributed by atoms with Crippen LogP contribution in [0.4, 0.5) is 0 Å². The van der Waals surface area contributed by atoms with Gasteiger partial charge in [-0.3, -0.25) is 0 Å². The van der Waals surface area contributed by atoms with Gasteiger partial charge in [-0.1, -0.05) is 0 Å². The van der Waals surface area contributed by atoms with Crippen LogP contribution in [0.3, 0.4) is 0 Å². The third-order valence-corrected chi connectivity index (χ3v) is 6.03. The molecule has 0 aromatic rings. The zero-order chi connectivity index (χ0) is 25.0. The Kier molecular flexibility index (Phi) is 10.7. The molecule has 1 unspecified atom stereocenters. The Morgan fingerprint density at radius 3 is 1.73 bits per heavy atom. The van der Waals surface area contributed by atoms with Crippen LogP contribution in [-0.2, 0) is 14.2 Å². The quantitative estimate of drug-likeness (QED) is 0.135. The molecule has 0 spiro atoms. The fraction of sp³-hybridized carbons (Fsp3) is 1.00. The van der Waals surface area contributed by atoms with E-state index in [-0.39, 0.29) is 0 Å². The van der Waals surface area contributed by atoms with E-state index in [0.29, 0.717) is 0 Å². The van der Waals surface area contributed by atoms with Crippen LogP contribution in [0.2, 0.25) is 0 Å². The van der Waals surface area contributed by atoms with Crippen molar-refractivity contribution in [3.05, 3.63) is 0 Å². The average molecular weight is 490 g/mol. The van der Waals surface area contributed by atoms with E-state index in [1.807, 2.05) is 0 Å². The van der Waals surface area contributed by atoms with E-state index in [1.54, 1.807) is 0 Å². The second kappa shape index (κ2) is 12.4.